The van der Waals surface area contributed by atoms with Gasteiger partial charge < -0.3 is 19.4 Å². The predicted molar refractivity (Wildman–Crippen MR) is 139 cm³/mol. The van der Waals surface area contributed by atoms with Crippen molar-refractivity contribution in [3.05, 3.63) is 94.9 Å². The minimum atomic E-state index is -0.536. The molecular formula is C29H30FN3O3. The van der Waals surface area contributed by atoms with Crippen LogP contribution in [0.5, 0.6) is 5.75 Å². The van der Waals surface area contributed by atoms with Crippen LogP contribution in [0, 0.1) is 5.95 Å². The van der Waals surface area contributed by atoms with Crippen molar-refractivity contribution in [3.63, 3.8) is 0 Å². The fourth-order valence-electron chi connectivity index (χ4n) is 4.67. The molecule has 2 aromatic carbocycles. The number of hydrogen-bond donors (Lipinski definition) is 1. The lowest BCUT2D eigenvalue weighted by atomic mass is 10.0. The van der Waals surface area contributed by atoms with Gasteiger partial charge in [0.2, 0.25) is 5.95 Å². The lowest BCUT2D eigenvalue weighted by molar-refractivity contribution is 0.182. The lowest BCUT2D eigenvalue weighted by Gasteiger charge is -2.32. The predicted octanol–water partition coefficient (Wildman–Crippen LogP) is 5.02. The summed E-state index contributed by atoms with van der Waals surface area (Å²) in [6.07, 6.45) is 4.62. The molecule has 36 heavy (non-hydrogen) atoms. The van der Waals surface area contributed by atoms with Crippen LogP contribution in [0.1, 0.15) is 24.8 Å². The monoisotopic (exact) mass is 487 g/mol. The van der Waals surface area contributed by atoms with E-state index in [1.165, 1.54) is 23.9 Å². The van der Waals surface area contributed by atoms with Crippen LogP contribution in [0.4, 0.5) is 4.39 Å². The molecule has 186 valence electrons. The summed E-state index contributed by atoms with van der Waals surface area (Å²) >= 11 is 0. The molecule has 1 aliphatic rings. The Morgan fingerprint density at radius 1 is 1.03 bits per heavy atom. The molecule has 2 aromatic heterocycles. The Hall–Kier alpha value is -3.55. The van der Waals surface area contributed by atoms with Crippen LogP contribution in [-0.2, 0) is 6.54 Å². The van der Waals surface area contributed by atoms with Crippen LogP contribution in [-0.4, -0.2) is 42.2 Å². The van der Waals surface area contributed by atoms with E-state index in [1.54, 1.807) is 12.1 Å². The summed E-state index contributed by atoms with van der Waals surface area (Å²) in [6.45, 7) is 4.55. The summed E-state index contributed by atoms with van der Waals surface area (Å²) < 4.78 is 24.5. The second kappa shape index (κ2) is 11.5. The number of fused-ring (bicyclic) bond motifs is 1. The van der Waals surface area contributed by atoms with Crippen molar-refractivity contribution in [2.45, 2.75) is 31.8 Å². The smallest absolute Gasteiger partial charge is 0.339 e. The second-order valence-corrected chi connectivity index (χ2v) is 9.19. The fourth-order valence-corrected chi connectivity index (χ4v) is 4.67. The number of ether oxygens (including phenoxy) is 1. The first-order valence-corrected chi connectivity index (χ1v) is 12.5. The average molecular weight is 488 g/mol. The third-order valence-corrected chi connectivity index (χ3v) is 6.67. The summed E-state index contributed by atoms with van der Waals surface area (Å²) in [5, 5.41) is 4.41. The third kappa shape index (κ3) is 6.17. The van der Waals surface area contributed by atoms with E-state index in [0.29, 0.717) is 24.0 Å². The number of nitrogens with one attached hydrogen (secondary N) is 1. The van der Waals surface area contributed by atoms with Crippen LogP contribution in [0.15, 0.2) is 82.1 Å². The van der Waals surface area contributed by atoms with Gasteiger partial charge in [-0.1, -0.05) is 36.4 Å². The molecule has 1 fully saturated rings. The largest absolute Gasteiger partial charge is 0.492 e. The number of pyridine rings is 1. The third-order valence-electron chi connectivity index (χ3n) is 6.67. The zero-order valence-electron chi connectivity index (χ0n) is 20.2. The molecule has 0 radical (unpaired) electrons. The molecule has 1 aliphatic heterocycles. The van der Waals surface area contributed by atoms with E-state index < -0.39 is 11.6 Å². The second-order valence-electron chi connectivity index (χ2n) is 9.19. The summed E-state index contributed by atoms with van der Waals surface area (Å²) in [4.78, 5) is 18.3. The van der Waals surface area contributed by atoms with Gasteiger partial charge in [-0.2, -0.15) is 4.39 Å². The van der Waals surface area contributed by atoms with Crippen molar-refractivity contribution in [1.29, 1.82) is 0 Å². The highest BCUT2D eigenvalue weighted by Gasteiger charge is 2.18. The van der Waals surface area contributed by atoms with Crippen molar-refractivity contribution in [1.82, 2.24) is 15.2 Å². The highest BCUT2D eigenvalue weighted by atomic mass is 19.1. The highest BCUT2D eigenvalue weighted by molar-refractivity contribution is 5.87. The van der Waals surface area contributed by atoms with E-state index in [2.05, 4.69) is 39.5 Å². The quantitative estimate of drug-likeness (QED) is 0.203. The molecule has 0 spiro atoms. The molecule has 0 amide bonds. The van der Waals surface area contributed by atoms with Gasteiger partial charge in [0.25, 0.3) is 0 Å². The van der Waals surface area contributed by atoms with Crippen molar-refractivity contribution in [2.24, 2.45) is 0 Å². The van der Waals surface area contributed by atoms with Gasteiger partial charge >= 0.3 is 5.63 Å². The topological polar surface area (TPSA) is 67.6 Å². The molecule has 0 aliphatic carbocycles. The number of nitrogens with zero attached hydrogens (tertiary/aromatic N) is 2. The van der Waals surface area contributed by atoms with Gasteiger partial charge in [-0.3, -0.25) is 0 Å². The van der Waals surface area contributed by atoms with Gasteiger partial charge in [0.1, 0.15) is 11.3 Å². The standard InChI is InChI=1S/C29H30FN3O3/c30-28-10-8-23(20-32-28)22-7-9-25-26(18-29(34)36-27(25)17-22)35-16-4-13-33-14-11-24(12-15-33)31-19-21-5-2-1-3-6-21/h1-3,5-10,17-18,20,24,31H,4,11-16,19H2. The number of rotatable bonds is 9. The van der Waals surface area contributed by atoms with Crippen molar-refractivity contribution < 1.29 is 13.5 Å². The minimum absolute atomic E-state index is 0.435. The summed E-state index contributed by atoms with van der Waals surface area (Å²) in [6, 6.07) is 20.9. The van der Waals surface area contributed by atoms with Crippen molar-refractivity contribution >= 4 is 11.0 Å². The molecule has 1 N–H and O–H groups in total. The average Bonchev–Trinajstić information content (AvgIpc) is 2.91. The first kappa shape index (κ1) is 24.2. The Labute approximate surface area is 209 Å². The molecule has 3 heterocycles. The summed E-state index contributed by atoms with van der Waals surface area (Å²) in [7, 11) is 0. The highest BCUT2D eigenvalue weighted by Crippen LogP contribution is 2.29. The number of aromatic nitrogens is 1. The Morgan fingerprint density at radius 3 is 2.61 bits per heavy atom. The Bertz CT molecular complexity index is 1330. The molecule has 5 rings (SSSR count). The SMILES string of the molecule is O=c1cc(OCCCN2CCC(NCc3ccccc3)CC2)c2ccc(-c3ccc(F)nc3)cc2o1. The number of piperidine rings is 1. The molecule has 1 saturated heterocycles. The number of hydrogen-bond acceptors (Lipinski definition) is 6. The van der Waals surface area contributed by atoms with Crippen LogP contribution in [0.25, 0.3) is 22.1 Å². The fraction of sp³-hybridized carbons (Fsp3) is 0.310. The van der Waals surface area contributed by atoms with E-state index in [4.69, 9.17) is 9.15 Å². The van der Waals surface area contributed by atoms with Gasteiger partial charge in [0.15, 0.2) is 0 Å². The van der Waals surface area contributed by atoms with Gasteiger partial charge in [0.05, 0.1) is 18.1 Å². The minimum Gasteiger partial charge on any atom is -0.492 e. The van der Waals surface area contributed by atoms with E-state index in [1.807, 2.05) is 18.2 Å². The van der Waals surface area contributed by atoms with Gasteiger partial charge in [-0.25, -0.2) is 9.78 Å². The van der Waals surface area contributed by atoms with Crippen LogP contribution in [0.3, 0.4) is 0 Å². The number of benzene rings is 2. The van der Waals surface area contributed by atoms with Crippen LogP contribution in [0.2, 0.25) is 0 Å². The summed E-state index contributed by atoms with van der Waals surface area (Å²) in [5.74, 6) is -0.0142. The molecule has 7 heteroatoms. The molecule has 6 nitrogen and oxygen atoms in total. The number of likely N-dealkylation sites (tertiary alicyclic amines) is 1. The van der Waals surface area contributed by atoms with Gasteiger partial charge in [0, 0.05) is 30.9 Å². The van der Waals surface area contributed by atoms with Gasteiger partial charge in [-0.15, -0.1) is 0 Å². The first-order valence-electron chi connectivity index (χ1n) is 12.5. The zero-order valence-corrected chi connectivity index (χ0v) is 20.2. The summed E-state index contributed by atoms with van der Waals surface area (Å²) in [5.41, 5.74) is 2.83. The maximum atomic E-state index is 13.1. The first-order chi connectivity index (χ1) is 17.6. The van der Waals surface area contributed by atoms with Crippen LogP contribution >= 0.6 is 0 Å². The molecule has 0 atom stereocenters. The van der Waals surface area contributed by atoms with Crippen molar-refractivity contribution in [3.8, 4) is 16.9 Å². The van der Waals surface area contributed by atoms with E-state index >= 15 is 0 Å². The molecule has 0 unspecified atom stereocenters. The lowest BCUT2D eigenvalue weighted by Crippen LogP contribution is -2.42. The Morgan fingerprint density at radius 2 is 1.83 bits per heavy atom. The van der Waals surface area contributed by atoms with Crippen molar-refractivity contribution in [2.75, 3.05) is 26.2 Å². The molecule has 0 bridgehead atoms. The Balaban J connectivity index is 1.11. The maximum absolute atomic E-state index is 13.1. The maximum Gasteiger partial charge on any atom is 0.339 e. The Kier molecular flexibility index (Phi) is 7.69. The zero-order chi connectivity index (χ0) is 24.7. The van der Waals surface area contributed by atoms with E-state index in [0.717, 1.165) is 62.0 Å². The van der Waals surface area contributed by atoms with E-state index in [9.17, 15) is 9.18 Å². The van der Waals surface area contributed by atoms with Gasteiger partial charge in [-0.05, 0) is 67.7 Å². The van der Waals surface area contributed by atoms with E-state index in [-0.39, 0.29) is 0 Å². The molecule has 4 aromatic rings. The normalized spacial score (nSPS) is 14.8. The van der Waals surface area contributed by atoms with Crippen LogP contribution < -0.4 is 15.7 Å². The molecular weight excluding hydrogens is 457 g/mol. The molecule has 0 saturated carbocycles. The number of halogens is 1.